The van der Waals surface area contributed by atoms with Crippen LogP contribution in [0.5, 0.6) is 0 Å². The monoisotopic (exact) mass is 435 g/mol. The molecule has 158 valence electrons. The summed E-state index contributed by atoms with van der Waals surface area (Å²) >= 11 is 0. The lowest BCUT2D eigenvalue weighted by Gasteiger charge is -2.12. The highest BCUT2D eigenvalue weighted by Gasteiger charge is 2.22. The number of rotatable bonds is 2. The second-order valence-electron chi connectivity index (χ2n) is 8.27. The van der Waals surface area contributed by atoms with Gasteiger partial charge in [0.2, 0.25) is 0 Å². The first kappa shape index (κ1) is 18.6. The number of benzene rings is 4. The molecule has 0 saturated carbocycles. The van der Waals surface area contributed by atoms with Crippen LogP contribution in [0.3, 0.4) is 0 Å². The van der Waals surface area contributed by atoms with Gasteiger partial charge >= 0.3 is 0 Å². The molecule has 0 fully saturated rings. The maximum Gasteiger partial charge on any atom is 0.159 e. The molecule has 5 heteroatoms. The summed E-state index contributed by atoms with van der Waals surface area (Å²) in [6, 6.07) is 33.8. The standard InChI is InChI=1S/C29H17N5/c30-16-19-17-31-18-32-29(19)34-26-13-7-5-11-22(26)24-15-14-23-21-10-4-6-12-25(21)33(27(23)28(24)34)20-8-2-1-3-9-20/h1-15,17-18H. The van der Waals surface area contributed by atoms with Gasteiger partial charge in [0.15, 0.2) is 5.82 Å². The maximum absolute atomic E-state index is 9.87. The third-order valence-corrected chi connectivity index (χ3v) is 6.51. The first-order valence-electron chi connectivity index (χ1n) is 11.1. The van der Waals surface area contributed by atoms with Gasteiger partial charge in [0.25, 0.3) is 0 Å². The molecule has 0 aliphatic carbocycles. The normalized spacial score (nSPS) is 11.5. The van der Waals surface area contributed by atoms with E-state index in [9.17, 15) is 5.26 Å². The summed E-state index contributed by atoms with van der Waals surface area (Å²) in [6.45, 7) is 0. The maximum atomic E-state index is 9.87. The van der Waals surface area contributed by atoms with Crippen molar-refractivity contribution in [1.82, 2.24) is 19.1 Å². The van der Waals surface area contributed by atoms with Crippen molar-refractivity contribution in [1.29, 1.82) is 5.26 Å². The molecule has 0 radical (unpaired) electrons. The smallest absolute Gasteiger partial charge is 0.159 e. The Morgan fingerprint density at radius 3 is 1.88 bits per heavy atom. The van der Waals surface area contributed by atoms with Gasteiger partial charge in [-0.25, -0.2) is 9.97 Å². The minimum Gasteiger partial charge on any atom is -0.307 e. The number of fused-ring (bicyclic) bond motifs is 7. The molecule has 0 spiro atoms. The molecule has 4 aromatic carbocycles. The summed E-state index contributed by atoms with van der Waals surface area (Å²) in [7, 11) is 0. The summed E-state index contributed by atoms with van der Waals surface area (Å²) in [6.07, 6.45) is 3.08. The molecule has 5 nitrogen and oxygen atoms in total. The Bertz CT molecular complexity index is 1920. The van der Waals surface area contributed by atoms with Crippen LogP contribution in [0.2, 0.25) is 0 Å². The van der Waals surface area contributed by atoms with Crippen LogP contribution in [0.15, 0.2) is 104 Å². The van der Waals surface area contributed by atoms with Crippen LogP contribution in [-0.2, 0) is 0 Å². The number of hydrogen-bond acceptors (Lipinski definition) is 3. The number of nitriles is 1. The number of hydrogen-bond donors (Lipinski definition) is 0. The molecular weight excluding hydrogens is 418 g/mol. The zero-order valence-corrected chi connectivity index (χ0v) is 18.1. The van der Waals surface area contributed by atoms with E-state index in [1.54, 1.807) is 6.20 Å². The molecule has 0 amide bonds. The van der Waals surface area contributed by atoms with Crippen molar-refractivity contribution in [2.45, 2.75) is 0 Å². The summed E-state index contributed by atoms with van der Waals surface area (Å²) in [5.41, 5.74) is 5.77. The van der Waals surface area contributed by atoms with Gasteiger partial charge in [-0.15, -0.1) is 0 Å². The van der Waals surface area contributed by atoms with Gasteiger partial charge in [0.1, 0.15) is 18.0 Å². The number of aromatic nitrogens is 4. The zero-order valence-electron chi connectivity index (χ0n) is 18.1. The summed E-state index contributed by atoms with van der Waals surface area (Å²) in [5, 5.41) is 14.4. The molecule has 0 atom stereocenters. The van der Waals surface area contributed by atoms with Crippen LogP contribution < -0.4 is 0 Å². The van der Waals surface area contributed by atoms with E-state index in [0.29, 0.717) is 11.4 Å². The predicted octanol–water partition coefficient (Wildman–Crippen LogP) is 6.54. The third-order valence-electron chi connectivity index (χ3n) is 6.51. The van der Waals surface area contributed by atoms with E-state index in [1.165, 1.54) is 11.7 Å². The average molecular weight is 435 g/mol. The minimum atomic E-state index is 0.435. The van der Waals surface area contributed by atoms with E-state index in [1.807, 2.05) is 18.2 Å². The molecule has 0 aliphatic heterocycles. The molecule has 34 heavy (non-hydrogen) atoms. The van der Waals surface area contributed by atoms with Crippen LogP contribution in [0.25, 0.3) is 55.1 Å². The quantitative estimate of drug-likeness (QED) is 0.310. The molecule has 0 N–H and O–H groups in total. The Hall–Kier alpha value is -4.95. The van der Waals surface area contributed by atoms with Crippen molar-refractivity contribution in [2.75, 3.05) is 0 Å². The third kappa shape index (κ3) is 2.42. The van der Waals surface area contributed by atoms with E-state index in [4.69, 9.17) is 0 Å². The Morgan fingerprint density at radius 2 is 1.21 bits per heavy atom. The summed E-state index contributed by atoms with van der Waals surface area (Å²) < 4.78 is 4.43. The second kappa shape index (κ2) is 7.03. The van der Waals surface area contributed by atoms with Crippen LogP contribution in [0.1, 0.15) is 5.56 Å². The Kier molecular flexibility index (Phi) is 3.84. The molecule has 0 saturated heterocycles. The largest absolute Gasteiger partial charge is 0.307 e. The number of nitrogens with zero attached hydrogens (tertiary/aromatic N) is 5. The first-order chi connectivity index (χ1) is 16.9. The average Bonchev–Trinajstić information content (AvgIpc) is 3.42. The fourth-order valence-electron chi connectivity index (χ4n) is 5.15. The summed E-state index contributed by atoms with van der Waals surface area (Å²) in [4.78, 5) is 8.67. The van der Waals surface area contributed by atoms with Crippen molar-refractivity contribution >= 4 is 43.6 Å². The Balaban J connectivity index is 1.81. The molecule has 3 aromatic heterocycles. The summed E-state index contributed by atoms with van der Waals surface area (Å²) in [5.74, 6) is 0.584. The van der Waals surface area contributed by atoms with Crippen molar-refractivity contribution in [3.05, 3.63) is 109 Å². The predicted molar refractivity (Wildman–Crippen MR) is 135 cm³/mol. The molecule has 0 bridgehead atoms. The van der Waals surface area contributed by atoms with Gasteiger partial charge < -0.3 is 4.57 Å². The van der Waals surface area contributed by atoms with Crippen LogP contribution in [-0.4, -0.2) is 19.1 Å². The lowest BCUT2D eigenvalue weighted by atomic mass is 10.1. The molecule has 7 aromatic rings. The highest BCUT2D eigenvalue weighted by atomic mass is 15.1. The van der Waals surface area contributed by atoms with E-state index >= 15 is 0 Å². The Morgan fingerprint density at radius 1 is 0.618 bits per heavy atom. The van der Waals surface area contributed by atoms with Crippen LogP contribution in [0, 0.1) is 11.3 Å². The Labute approximate surface area is 194 Å². The lowest BCUT2D eigenvalue weighted by Crippen LogP contribution is -2.03. The van der Waals surface area contributed by atoms with E-state index < -0.39 is 0 Å². The van der Waals surface area contributed by atoms with Gasteiger partial charge in [-0.05, 0) is 24.3 Å². The van der Waals surface area contributed by atoms with Crippen molar-refractivity contribution in [3.63, 3.8) is 0 Å². The number of para-hydroxylation sites is 3. The van der Waals surface area contributed by atoms with Gasteiger partial charge in [0.05, 0.1) is 28.3 Å². The molecule has 0 aliphatic rings. The first-order valence-corrected chi connectivity index (χ1v) is 11.1. The van der Waals surface area contributed by atoms with Gasteiger partial charge in [-0.2, -0.15) is 5.26 Å². The van der Waals surface area contributed by atoms with Gasteiger partial charge in [0, 0.05) is 27.2 Å². The SMILES string of the molecule is N#Cc1cncnc1-n1c2ccccc2c2ccc3c4ccccc4n(-c4ccccc4)c3c21. The zero-order chi connectivity index (χ0) is 22.6. The van der Waals surface area contributed by atoms with E-state index in [-0.39, 0.29) is 0 Å². The van der Waals surface area contributed by atoms with E-state index in [2.05, 4.69) is 98.0 Å². The molecule has 7 rings (SSSR count). The highest BCUT2D eigenvalue weighted by molar-refractivity contribution is 6.23. The van der Waals surface area contributed by atoms with Crippen molar-refractivity contribution in [2.24, 2.45) is 0 Å². The van der Waals surface area contributed by atoms with Crippen molar-refractivity contribution in [3.8, 4) is 17.6 Å². The van der Waals surface area contributed by atoms with Crippen LogP contribution in [0.4, 0.5) is 0 Å². The fourth-order valence-corrected chi connectivity index (χ4v) is 5.15. The van der Waals surface area contributed by atoms with E-state index in [0.717, 1.165) is 43.9 Å². The second-order valence-corrected chi connectivity index (χ2v) is 8.27. The minimum absolute atomic E-state index is 0.435. The van der Waals surface area contributed by atoms with Gasteiger partial charge in [-0.1, -0.05) is 66.7 Å². The molecular formula is C29H17N5. The highest BCUT2D eigenvalue weighted by Crippen LogP contribution is 2.41. The molecule has 0 unspecified atom stereocenters. The molecule has 3 heterocycles. The fraction of sp³-hybridized carbons (Fsp3) is 0. The van der Waals surface area contributed by atoms with Crippen LogP contribution >= 0.6 is 0 Å². The topological polar surface area (TPSA) is 59.4 Å². The van der Waals surface area contributed by atoms with Gasteiger partial charge in [-0.3, -0.25) is 4.57 Å². The van der Waals surface area contributed by atoms with Crippen molar-refractivity contribution < 1.29 is 0 Å². The lowest BCUT2D eigenvalue weighted by molar-refractivity contribution is 1.02.